The van der Waals surface area contributed by atoms with E-state index in [4.69, 9.17) is 16.2 Å². The van der Waals surface area contributed by atoms with Gasteiger partial charge >= 0.3 is 0 Å². The third-order valence-electron chi connectivity index (χ3n) is 2.40. The summed E-state index contributed by atoms with van der Waals surface area (Å²) in [5.74, 6) is -0.0179. The molecule has 0 unspecified atom stereocenters. The van der Waals surface area contributed by atoms with Gasteiger partial charge in [-0.25, -0.2) is 0 Å². The average Bonchev–Trinajstić information content (AvgIpc) is 2.29. The second kappa shape index (κ2) is 6.19. The maximum Gasteiger partial charge on any atom is 0.142 e. The van der Waals surface area contributed by atoms with Crippen LogP contribution in [0.1, 0.15) is 18.2 Å². The van der Waals surface area contributed by atoms with Crippen molar-refractivity contribution < 1.29 is 5.11 Å². The van der Waals surface area contributed by atoms with Crippen LogP contribution in [0.2, 0.25) is 0 Å². The zero-order valence-electron chi connectivity index (χ0n) is 9.48. The molecule has 0 atom stereocenters. The molecule has 0 aliphatic carbocycles. The lowest BCUT2D eigenvalue weighted by atomic mass is 10.1. The summed E-state index contributed by atoms with van der Waals surface area (Å²) in [6, 6.07) is 3.73. The molecule has 16 heavy (non-hydrogen) atoms. The standard InChI is InChI=1S/C11H18N4O/c1-2-15(6-7-16)8-9-4-3-5-14-10(9)11(12)13/h3-5,16H,2,6-8H2,1H3,(H3,12,13). The van der Waals surface area contributed by atoms with Gasteiger partial charge in [-0.3, -0.25) is 15.3 Å². The van der Waals surface area contributed by atoms with Gasteiger partial charge in [0.15, 0.2) is 0 Å². The highest BCUT2D eigenvalue weighted by Gasteiger charge is 2.09. The quantitative estimate of drug-likeness (QED) is 0.473. The van der Waals surface area contributed by atoms with Crippen molar-refractivity contribution in [2.45, 2.75) is 13.5 Å². The van der Waals surface area contributed by atoms with Gasteiger partial charge in [-0.1, -0.05) is 13.0 Å². The Morgan fingerprint density at radius 3 is 2.94 bits per heavy atom. The molecule has 1 heterocycles. The van der Waals surface area contributed by atoms with Gasteiger partial charge in [-0.2, -0.15) is 0 Å². The van der Waals surface area contributed by atoms with Crippen molar-refractivity contribution >= 4 is 5.84 Å². The third kappa shape index (κ3) is 3.29. The van der Waals surface area contributed by atoms with E-state index in [1.807, 2.05) is 19.1 Å². The zero-order valence-corrected chi connectivity index (χ0v) is 9.48. The number of nitrogens with zero attached hydrogens (tertiary/aromatic N) is 2. The predicted octanol–water partition coefficient (Wildman–Crippen LogP) is 0.180. The van der Waals surface area contributed by atoms with E-state index < -0.39 is 0 Å². The van der Waals surface area contributed by atoms with Crippen LogP contribution in [0.4, 0.5) is 0 Å². The van der Waals surface area contributed by atoms with Crippen molar-refractivity contribution in [3.05, 3.63) is 29.6 Å². The van der Waals surface area contributed by atoms with Crippen molar-refractivity contribution in [1.29, 1.82) is 5.41 Å². The Bertz CT molecular complexity index is 354. The lowest BCUT2D eigenvalue weighted by molar-refractivity contribution is 0.196. The molecule has 1 aromatic rings. The van der Waals surface area contributed by atoms with Crippen molar-refractivity contribution in [2.75, 3.05) is 19.7 Å². The van der Waals surface area contributed by atoms with Crippen LogP contribution in [0.5, 0.6) is 0 Å². The fourth-order valence-electron chi connectivity index (χ4n) is 1.54. The van der Waals surface area contributed by atoms with E-state index in [0.29, 0.717) is 18.8 Å². The largest absolute Gasteiger partial charge is 0.395 e. The first kappa shape index (κ1) is 12.6. The number of likely N-dealkylation sites (N-methyl/N-ethyl adjacent to an activating group) is 1. The Labute approximate surface area is 95.4 Å². The minimum atomic E-state index is -0.0179. The van der Waals surface area contributed by atoms with E-state index in [9.17, 15) is 0 Å². The summed E-state index contributed by atoms with van der Waals surface area (Å²) in [7, 11) is 0. The smallest absolute Gasteiger partial charge is 0.142 e. The molecule has 5 heteroatoms. The van der Waals surface area contributed by atoms with Crippen LogP contribution in [0.15, 0.2) is 18.3 Å². The number of pyridine rings is 1. The molecule has 0 radical (unpaired) electrons. The molecule has 0 saturated carbocycles. The fraction of sp³-hybridized carbons (Fsp3) is 0.455. The van der Waals surface area contributed by atoms with Gasteiger partial charge in [-0.15, -0.1) is 0 Å². The Balaban J connectivity index is 2.82. The molecule has 0 aliphatic heterocycles. The number of nitrogens with one attached hydrogen (secondary N) is 1. The molecule has 0 fully saturated rings. The monoisotopic (exact) mass is 222 g/mol. The highest BCUT2D eigenvalue weighted by molar-refractivity contribution is 5.94. The molecule has 0 aliphatic rings. The van der Waals surface area contributed by atoms with Gasteiger partial charge in [-0.05, 0) is 18.2 Å². The van der Waals surface area contributed by atoms with E-state index in [-0.39, 0.29) is 12.4 Å². The summed E-state index contributed by atoms with van der Waals surface area (Å²) in [4.78, 5) is 6.16. The molecular weight excluding hydrogens is 204 g/mol. The summed E-state index contributed by atoms with van der Waals surface area (Å²) in [6.07, 6.45) is 1.63. The highest BCUT2D eigenvalue weighted by atomic mass is 16.3. The highest BCUT2D eigenvalue weighted by Crippen LogP contribution is 2.08. The molecule has 5 nitrogen and oxygen atoms in total. The molecule has 1 rings (SSSR count). The van der Waals surface area contributed by atoms with E-state index in [2.05, 4.69) is 9.88 Å². The number of aliphatic hydroxyl groups is 1. The van der Waals surface area contributed by atoms with Crippen molar-refractivity contribution in [2.24, 2.45) is 5.73 Å². The second-order valence-corrected chi connectivity index (χ2v) is 3.52. The number of amidine groups is 1. The Morgan fingerprint density at radius 2 is 2.38 bits per heavy atom. The molecule has 0 saturated heterocycles. The molecule has 0 bridgehead atoms. The predicted molar refractivity (Wildman–Crippen MR) is 63.3 cm³/mol. The molecule has 0 spiro atoms. The van der Waals surface area contributed by atoms with Crippen molar-refractivity contribution in [1.82, 2.24) is 9.88 Å². The lowest BCUT2D eigenvalue weighted by Gasteiger charge is -2.20. The number of hydrogen-bond acceptors (Lipinski definition) is 4. The minimum absolute atomic E-state index is 0.0179. The summed E-state index contributed by atoms with van der Waals surface area (Å²) in [5.41, 5.74) is 6.91. The number of nitrogens with two attached hydrogens (primary N) is 1. The van der Waals surface area contributed by atoms with Crippen LogP contribution in [0.3, 0.4) is 0 Å². The van der Waals surface area contributed by atoms with Crippen molar-refractivity contribution in [3.8, 4) is 0 Å². The Kier molecular flexibility index (Phi) is 4.88. The summed E-state index contributed by atoms with van der Waals surface area (Å²) in [5, 5.41) is 16.3. The van der Waals surface area contributed by atoms with Crippen LogP contribution in [-0.2, 0) is 6.54 Å². The minimum Gasteiger partial charge on any atom is -0.395 e. The van der Waals surface area contributed by atoms with E-state index in [1.54, 1.807) is 6.20 Å². The van der Waals surface area contributed by atoms with Crippen molar-refractivity contribution in [3.63, 3.8) is 0 Å². The zero-order chi connectivity index (χ0) is 12.0. The third-order valence-corrected chi connectivity index (χ3v) is 2.40. The molecule has 1 aromatic heterocycles. The lowest BCUT2D eigenvalue weighted by Crippen LogP contribution is -2.28. The first-order valence-corrected chi connectivity index (χ1v) is 5.30. The Morgan fingerprint density at radius 1 is 1.62 bits per heavy atom. The van der Waals surface area contributed by atoms with Gasteiger partial charge < -0.3 is 10.8 Å². The van der Waals surface area contributed by atoms with Gasteiger partial charge in [0, 0.05) is 19.3 Å². The first-order chi connectivity index (χ1) is 7.69. The van der Waals surface area contributed by atoms with E-state index >= 15 is 0 Å². The first-order valence-electron chi connectivity index (χ1n) is 5.30. The molecule has 88 valence electrons. The molecular formula is C11H18N4O. The van der Waals surface area contributed by atoms with Crippen LogP contribution < -0.4 is 5.73 Å². The summed E-state index contributed by atoms with van der Waals surface area (Å²) >= 11 is 0. The Hall–Kier alpha value is -1.46. The number of aliphatic hydroxyl groups excluding tert-OH is 1. The number of rotatable bonds is 6. The maximum absolute atomic E-state index is 8.90. The second-order valence-electron chi connectivity index (χ2n) is 3.52. The normalized spacial score (nSPS) is 10.7. The number of aromatic nitrogens is 1. The molecule has 0 aromatic carbocycles. The molecule has 0 amide bonds. The van der Waals surface area contributed by atoms with Gasteiger partial charge in [0.05, 0.1) is 6.61 Å². The molecule has 4 N–H and O–H groups in total. The van der Waals surface area contributed by atoms with Gasteiger partial charge in [0.2, 0.25) is 0 Å². The van der Waals surface area contributed by atoms with E-state index in [0.717, 1.165) is 12.1 Å². The van der Waals surface area contributed by atoms with E-state index in [1.165, 1.54) is 0 Å². The van der Waals surface area contributed by atoms with Crippen LogP contribution >= 0.6 is 0 Å². The number of hydrogen-bond donors (Lipinski definition) is 3. The van der Waals surface area contributed by atoms with Crippen LogP contribution in [0.25, 0.3) is 0 Å². The fourth-order valence-corrected chi connectivity index (χ4v) is 1.54. The SMILES string of the molecule is CCN(CCO)Cc1cccnc1C(=N)N. The number of nitrogen functional groups attached to an aromatic ring is 1. The maximum atomic E-state index is 8.90. The summed E-state index contributed by atoms with van der Waals surface area (Å²) in [6.45, 7) is 4.26. The topological polar surface area (TPSA) is 86.2 Å². The van der Waals surface area contributed by atoms with Gasteiger partial charge in [0.25, 0.3) is 0 Å². The average molecular weight is 222 g/mol. The van der Waals surface area contributed by atoms with Gasteiger partial charge in [0.1, 0.15) is 11.5 Å². The van der Waals surface area contributed by atoms with Crippen LogP contribution in [-0.4, -0.2) is 40.5 Å². The van der Waals surface area contributed by atoms with Crippen LogP contribution in [0, 0.1) is 5.41 Å². The summed E-state index contributed by atoms with van der Waals surface area (Å²) < 4.78 is 0.